The van der Waals surface area contributed by atoms with Crippen LogP contribution in [0.15, 0.2) is 54.6 Å². The summed E-state index contributed by atoms with van der Waals surface area (Å²) in [5.41, 5.74) is 2.60. The Morgan fingerprint density at radius 2 is 1.72 bits per heavy atom. The van der Waals surface area contributed by atoms with E-state index in [0.29, 0.717) is 25.0 Å². The summed E-state index contributed by atoms with van der Waals surface area (Å²) in [5.74, 6) is -1.06. The Balaban J connectivity index is 2.03. The van der Waals surface area contributed by atoms with Gasteiger partial charge in [-0.25, -0.2) is 0 Å². The van der Waals surface area contributed by atoms with Gasteiger partial charge in [0, 0.05) is 25.1 Å². The van der Waals surface area contributed by atoms with E-state index in [1.165, 1.54) is 0 Å². The van der Waals surface area contributed by atoms with Gasteiger partial charge in [0.2, 0.25) is 0 Å². The number of carbonyl (C=O) groups excluding carboxylic acids is 1. The van der Waals surface area contributed by atoms with Crippen LogP contribution in [-0.4, -0.2) is 30.1 Å². The van der Waals surface area contributed by atoms with Crippen LogP contribution in [0.3, 0.4) is 0 Å². The van der Waals surface area contributed by atoms with Crippen LogP contribution in [0.5, 0.6) is 0 Å². The van der Waals surface area contributed by atoms with Crippen molar-refractivity contribution in [3.63, 3.8) is 0 Å². The minimum absolute atomic E-state index is 0.0184. The van der Waals surface area contributed by atoms with E-state index in [-0.39, 0.29) is 18.4 Å². The quantitative estimate of drug-likeness (QED) is 0.735. The number of ether oxygens (including phenoxy) is 1. The minimum Gasteiger partial charge on any atom is -0.481 e. The third kappa shape index (κ3) is 6.39. The van der Waals surface area contributed by atoms with Crippen molar-refractivity contribution in [3.8, 4) is 0 Å². The van der Waals surface area contributed by atoms with Gasteiger partial charge in [0.05, 0.1) is 6.61 Å². The van der Waals surface area contributed by atoms with Crippen LogP contribution in [-0.2, 0) is 22.6 Å². The largest absolute Gasteiger partial charge is 0.481 e. The van der Waals surface area contributed by atoms with Crippen molar-refractivity contribution in [1.29, 1.82) is 0 Å². The van der Waals surface area contributed by atoms with E-state index in [4.69, 9.17) is 9.84 Å². The number of hydrogen-bond donors (Lipinski definition) is 2. The third-order valence-corrected chi connectivity index (χ3v) is 3.89. The molecule has 5 heteroatoms. The molecule has 0 aliphatic carbocycles. The summed E-state index contributed by atoms with van der Waals surface area (Å²) in [5, 5.41) is 11.9. The van der Waals surface area contributed by atoms with Gasteiger partial charge in [-0.1, -0.05) is 42.5 Å². The molecule has 0 aliphatic rings. The number of benzene rings is 2. The predicted molar refractivity (Wildman–Crippen MR) is 95.4 cm³/mol. The van der Waals surface area contributed by atoms with Crippen LogP contribution in [0, 0.1) is 0 Å². The molecule has 2 aromatic rings. The summed E-state index contributed by atoms with van der Waals surface area (Å²) < 4.78 is 5.06. The fourth-order valence-electron chi connectivity index (χ4n) is 2.61. The lowest BCUT2D eigenvalue weighted by Gasteiger charge is -2.18. The third-order valence-electron chi connectivity index (χ3n) is 3.89. The van der Waals surface area contributed by atoms with Gasteiger partial charge in [-0.2, -0.15) is 0 Å². The van der Waals surface area contributed by atoms with Crippen LogP contribution in [0.1, 0.15) is 34.3 Å². The number of nitrogens with one attached hydrogen (secondary N) is 1. The van der Waals surface area contributed by atoms with Gasteiger partial charge in [-0.05, 0) is 36.1 Å². The second-order valence-electron chi connectivity index (χ2n) is 5.92. The van der Waals surface area contributed by atoms with Gasteiger partial charge in [0.1, 0.15) is 0 Å². The molecular weight excluding hydrogens is 318 g/mol. The summed E-state index contributed by atoms with van der Waals surface area (Å²) in [6.45, 7) is 0.497. The summed E-state index contributed by atoms with van der Waals surface area (Å²) >= 11 is 0. The van der Waals surface area contributed by atoms with Crippen LogP contribution in [0.4, 0.5) is 0 Å². The lowest BCUT2D eigenvalue weighted by molar-refractivity contribution is -0.137. The Morgan fingerprint density at radius 3 is 2.32 bits per heavy atom. The van der Waals surface area contributed by atoms with Gasteiger partial charge in [-0.15, -0.1) is 0 Å². The first-order valence-electron chi connectivity index (χ1n) is 8.23. The highest BCUT2D eigenvalue weighted by Gasteiger charge is 2.16. The Kier molecular flexibility index (Phi) is 7.16. The number of hydrogen-bond acceptors (Lipinski definition) is 3. The number of aliphatic carboxylic acids is 1. The van der Waals surface area contributed by atoms with Gasteiger partial charge in [0.15, 0.2) is 0 Å². The summed E-state index contributed by atoms with van der Waals surface area (Å²) in [6, 6.07) is 16.7. The highest BCUT2D eigenvalue weighted by atomic mass is 16.5. The SMILES string of the molecule is COCc1ccc(C(=O)NC(CCC(=O)O)Cc2ccccc2)cc1. The molecule has 1 unspecified atom stereocenters. The average molecular weight is 341 g/mol. The zero-order valence-corrected chi connectivity index (χ0v) is 14.3. The second kappa shape index (κ2) is 9.59. The topological polar surface area (TPSA) is 75.6 Å². The molecule has 0 saturated heterocycles. The molecular formula is C20H23NO4. The molecule has 132 valence electrons. The Bertz CT molecular complexity index is 683. The molecule has 0 radical (unpaired) electrons. The second-order valence-corrected chi connectivity index (χ2v) is 5.92. The molecule has 2 rings (SSSR count). The fourth-order valence-corrected chi connectivity index (χ4v) is 2.61. The zero-order chi connectivity index (χ0) is 18.1. The molecule has 1 amide bonds. The maximum Gasteiger partial charge on any atom is 0.303 e. The van der Waals surface area contributed by atoms with E-state index >= 15 is 0 Å². The van der Waals surface area contributed by atoms with Crippen molar-refractivity contribution < 1.29 is 19.4 Å². The van der Waals surface area contributed by atoms with E-state index in [1.54, 1.807) is 19.2 Å². The predicted octanol–water partition coefficient (Wildman–Crippen LogP) is 3.04. The van der Waals surface area contributed by atoms with E-state index in [0.717, 1.165) is 11.1 Å². The Labute approximate surface area is 147 Å². The Hall–Kier alpha value is -2.66. The molecule has 0 heterocycles. The number of carbonyl (C=O) groups is 2. The van der Waals surface area contributed by atoms with E-state index in [1.807, 2.05) is 42.5 Å². The average Bonchev–Trinajstić information content (AvgIpc) is 2.61. The minimum atomic E-state index is -0.865. The molecule has 0 spiro atoms. The van der Waals surface area contributed by atoms with Crippen molar-refractivity contribution >= 4 is 11.9 Å². The number of carboxylic acid groups (broad SMARTS) is 1. The fraction of sp³-hybridized carbons (Fsp3) is 0.300. The van der Waals surface area contributed by atoms with Crippen molar-refractivity contribution in [1.82, 2.24) is 5.32 Å². The maximum atomic E-state index is 12.5. The zero-order valence-electron chi connectivity index (χ0n) is 14.3. The number of rotatable bonds is 9. The van der Waals surface area contributed by atoms with Crippen molar-refractivity contribution in [2.45, 2.75) is 31.9 Å². The van der Waals surface area contributed by atoms with E-state index < -0.39 is 5.97 Å². The van der Waals surface area contributed by atoms with Gasteiger partial charge in [0.25, 0.3) is 5.91 Å². The van der Waals surface area contributed by atoms with Crippen LogP contribution < -0.4 is 5.32 Å². The first kappa shape index (κ1) is 18.7. The monoisotopic (exact) mass is 341 g/mol. The molecule has 5 nitrogen and oxygen atoms in total. The summed E-state index contributed by atoms with van der Waals surface area (Å²) in [4.78, 5) is 23.4. The maximum absolute atomic E-state index is 12.5. The highest BCUT2D eigenvalue weighted by Crippen LogP contribution is 2.10. The molecule has 0 bridgehead atoms. The molecule has 2 N–H and O–H groups in total. The van der Waals surface area contributed by atoms with Crippen LogP contribution in [0.2, 0.25) is 0 Å². The molecule has 0 aromatic heterocycles. The summed E-state index contributed by atoms with van der Waals surface area (Å²) in [6.07, 6.45) is 1.00. The molecule has 1 atom stereocenters. The molecule has 25 heavy (non-hydrogen) atoms. The van der Waals surface area contributed by atoms with Gasteiger partial charge < -0.3 is 15.2 Å². The highest BCUT2D eigenvalue weighted by molar-refractivity contribution is 5.94. The van der Waals surface area contributed by atoms with Gasteiger partial charge in [-0.3, -0.25) is 9.59 Å². The number of carboxylic acids is 1. The first-order valence-corrected chi connectivity index (χ1v) is 8.23. The van der Waals surface area contributed by atoms with E-state index in [9.17, 15) is 9.59 Å². The first-order chi connectivity index (χ1) is 12.1. The lowest BCUT2D eigenvalue weighted by Crippen LogP contribution is -2.36. The number of methoxy groups -OCH3 is 1. The smallest absolute Gasteiger partial charge is 0.303 e. The molecule has 0 saturated carbocycles. The van der Waals surface area contributed by atoms with Crippen molar-refractivity contribution in [2.24, 2.45) is 0 Å². The standard InChI is InChI=1S/C20H23NO4/c1-25-14-16-7-9-17(10-8-16)20(24)21-18(11-12-19(22)23)13-15-5-3-2-4-6-15/h2-10,18H,11-14H2,1H3,(H,21,24)(H,22,23). The normalized spacial score (nSPS) is 11.7. The van der Waals surface area contributed by atoms with Crippen LogP contribution in [0.25, 0.3) is 0 Å². The van der Waals surface area contributed by atoms with Crippen molar-refractivity contribution in [2.75, 3.05) is 7.11 Å². The molecule has 0 aliphatic heterocycles. The van der Waals surface area contributed by atoms with Gasteiger partial charge >= 0.3 is 5.97 Å². The number of amides is 1. The lowest BCUT2D eigenvalue weighted by atomic mass is 10.0. The molecule has 0 fully saturated rings. The van der Waals surface area contributed by atoms with Crippen molar-refractivity contribution in [3.05, 3.63) is 71.3 Å². The van der Waals surface area contributed by atoms with E-state index in [2.05, 4.69) is 5.32 Å². The summed E-state index contributed by atoms with van der Waals surface area (Å²) in [7, 11) is 1.62. The van der Waals surface area contributed by atoms with Crippen LogP contribution >= 0.6 is 0 Å². The molecule has 2 aromatic carbocycles. The Morgan fingerprint density at radius 1 is 1.04 bits per heavy atom.